The zero-order valence-corrected chi connectivity index (χ0v) is 22.6. The molecule has 1 aliphatic heterocycles. The second-order valence-electron chi connectivity index (χ2n) is 10.4. The topological polar surface area (TPSA) is 42.3 Å². The molecule has 2 amide bonds. The van der Waals surface area contributed by atoms with Crippen molar-refractivity contribution in [1.29, 1.82) is 0 Å². The first kappa shape index (κ1) is 24.1. The highest BCUT2D eigenvalue weighted by atomic mass is 16.2. The number of amides is 2. The van der Waals surface area contributed by atoms with E-state index in [1.807, 2.05) is 97.1 Å². The van der Waals surface area contributed by atoms with Crippen LogP contribution in [0.4, 0.5) is 5.69 Å². The normalized spacial score (nSPS) is 12.8. The zero-order chi connectivity index (χ0) is 28.2. The molecule has 8 rings (SSSR count). The molecular formula is C38H24N2O2. The Bertz CT molecular complexity index is 2180. The van der Waals surface area contributed by atoms with E-state index in [0.717, 1.165) is 44.1 Å². The van der Waals surface area contributed by atoms with Crippen molar-refractivity contribution >= 4 is 39.3 Å². The standard InChI is InChI=1S/C38H24N2O2/c41-37-31-21-12-24-34(35(31)38(42)40(37)32-22-9-7-17-27(32)25-13-3-1-4-14-25)39-33-23-10-8-18-29(33)30-20-11-19-28(36(30)39)26-15-5-2-6-16-26/h1-24H. The minimum absolute atomic E-state index is 0.315. The molecule has 0 saturated carbocycles. The Hall–Kier alpha value is -5.74. The monoisotopic (exact) mass is 540 g/mol. The summed E-state index contributed by atoms with van der Waals surface area (Å²) in [7, 11) is 0. The van der Waals surface area contributed by atoms with Gasteiger partial charge < -0.3 is 4.57 Å². The Morgan fingerprint density at radius 3 is 1.74 bits per heavy atom. The van der Waals surface area contributed by atoms with Gasteiger partial charge in [-0.2, -0.15) is 0 Å². The minimum Gasteiger partial charge on any atom is -0.308 e. The van der Waals surface area contributed by atoms with Gasteiger partial charge in [-0.15, -0.1) is 0 Å². The van der Waals surface area contributed by atoms with Crippen molar-refractivity contribution in [2.45, 2.75) is 0 Å². The zero-order valence-electron chi connectivity index (χ0n) is 22.6. The second kappa shape index (κ2) is 9.43. The molecule has 1 aromatic heterocycles. The molecule has 42 heavy (non-hydrogen) atoms. The first-order valence-electron chi connectivity index (χ1n) is 14.0. The fourth-order valence-corrected chi connectivity index (χ4v) is 6.32. The average molecular weight is 541 g/mol. The molecule has 4 nitrogen and oxygen atoms in total. The Kier molecular flexibility index (Phi) is 5.41. The lowest BCUT2D eigenvalue weighted by atomic mass is 10.0. The summed E-state index contributed by atoms with van der Waals surface area (Å²) in [6.45, 7) is 0. The molecule has 0 saturated heterocycles. The van der Waals surface area contributed by atoms with E-state index in [1.54, 1.807) is 6.07 Å². The summed E-state index contributed by atoms with van der Waals surface area (Å²) >= 11 is 0. The van der Waals surface area contributed by atoms with Crippen molar-refractivity contribution in [3.8, 4) is 27.9 Å². The molecule has 0 unspecified atom stereocenters. The number of benzene rings is 6. The largest absolute Gasteiger partial charge is 0.308 e. The maximum Gasteiger partial charge on any atom is 0.268 e. The van der Waals surface area contributed by atoms with E-state index < -0.39 is 0 Å². The molecule has 0 N–H and O–H groups in total. The number of anilines is 1. The summed E-state index contributed by atoms with van der Waals surface area (Å²) in [6, 6.07) is 47.9. The predicted octanol–water partition coefficient (Wildman–Crippen LogP) is 8.92. The van der Waals surface area contributed by atoms with Gasteiger partial charge in [0.25, 0.3) is 11.8 Å². The first-order valence-corrected chi connectivity index (χ1v) is 14.0. The van der Waals surface area contributed by atoms with Gasteiger partial charge in [0.05, 0.1) is 33.5 Å². The summed E-state index contributed by atoms with van der Waals surface area (Å²) in [4.78, 5) is 29.8. The average Bonchev–Trinajstić information content (AvgIpc) is 3.53. The summed E-state index contributed by atoms with van der Waals surface area (Å²) < 4.78 is 2.16. The molecule has 0 radical (unpaired) electrons. The maximum absolute atomic E-state index is 14.4. The number of rotatable bonds is 4. The number of para-hydroxylation sites is 3. The lowest BCUT2D eigenvalue weighted by Crippen LogP contribution is -2.30. The number of carbonyl (C=O) groups is 2. The van der Waals surface area contributed by atoms with E-state index >= 15 is 0 Å². The van der Waals surface area contributed by atoms with Crippen LogP contribution in [0.5, 0.6) is 0 Å². The highest BCUT2D eigenvalue weighted by Crippen LogP contribution is 2.42. The third-order valence-electron chi connectivity index (χ3n) is 8.14. The number of aromatic nitrogens is 1. The van der Waals surface area contributed by atoms with Gasteiger partial charge in [-0.05, 0) is 35.4 Å². The van der Waals surface area contributed by atoms with Gasteiger partial charge in [0, 0.05) is 21.9 Å². The third kappa shape index (κ3) is 3.49. The molecule has 0 spiro atoms. The first-order chi connectivity index (χ1) is 20.7. The van der Waals surface area contributed by atoms with Crippen LogP contribution in [0.15, 0.2) is 146 Å². The van der Waals surface area contributed by atoms with Gasteiger partial charge in [-0.1, -0.05) is 121 Å². The number of fused-ring (bicyclic) bond motifs is 4. The second-order valence-corrected chi connectivity index (χ2v) is 10.4. The van der Waals surface area contributed by atoms with Crippen LogP contribution in [0.1, 0.15) is 20.7 Å². The fraction of sp³-hybridized carbons (Fsp3) is 0. The van der Waals surface area contributed by atoms with E-state index in [1.165, 1.54) is 4.90 Å². The molecule has 2 heterocycles. The van der Waals surface area contributed by atoms with Crippen LogP contribution >= 0.6 is 0 Å². The number of carbonyl (C=O) groups excluding carboxylic acids is 2. The van der Waals surface area contributed by atoms with Gasteiger partial charge >= 0.3 is 0 Å². The smallest absolute Gasteiger partial charge is 0.268 e. The highest BCUT2D eigenvalue weighted by molar-refractivity contribution is 6.36. The van der Waals surface area contributed by atoms with Crippen molar-refractivity contribution in [1.82, 2.24) is 4.57 Å². The molecule has 7 aromatic rings. The summed E-state index contributed by atoms with van der Waals surface area (Å²) in [5.41, 5.74) is 7.99. The quantitative estimate of drug-likeness (QED) is 0.209. The number of imide groups is 1. The molecule has 0 atom stereocenters. The fourth-order valence-electron chi connectivity index (χ4n) is 6.32. The van der Waals surface area contributed by atoms with Gasteiger partial charge in [-0.3, -0.25) is 9.59 Å². The lowest BCUT2D eigenvalue weighted by Gasteiger charge is -2.19. The van der Waals surface area contributed by atoms with Crippen LogP contribution in [0.2, 0.25) is 0 Å². The summed E-state index contributed by atoms with van der Waals surface area (Å²) in [5, 5.41) is 2.18. The van der Waals surface area contributed by atoms with Crippen molar-refractivity contribution in [3.05, 3.63) is 157 Å². The molecule has 6 aromatic carbocycles. The molecule has 1 aliphatic rings. The van der Waals surface area contributed by atoms with Crippen LogP contribution in [0.25, 0.3) is 49.7 Å². The Balaban J connectivity index is 1.39. The highest BCUT2D eigenvalue weighted by Gasteiger charge is 2.40. The van der Waals surface area contributed by atoms with Gasteiger partial charge in [0.2, 0.25) is 0 Å². The molecule has 4 heteroatoms. The van der Waals surface area contributed by atoms with E-state index in [2.05, 4.69) is 47.0 Å². The van der Waals surface area contributed by atoms with Crippen LogP contribution in [0, 0.1) is 0 Å². The lowest BCUT2D eigenvalue weighted by molar-refractivity contribution is 0.0926. The van der Waals surface area contributed by atoms with Crippen LogP contribution in [-0.4, -0.2) is 16.4 Å². The van der Waals surface area contributed by atoms with E-state index in [4.69, 9.17) is 0 Å². The van der Waals surface area contributed by atoms with E-state index in [0.29, 0.717) is 22.5 Å². The van der Waals surface area contributed by atoms with Gasteiger partial charge in [0.15, 0.2) is 0 Å². The van der Waals surface area contributed by atoms with E-state index in [9.17, 15) is 9.59 Å². The van der Waals surface area contributed by atoms with Gasteiger partial charge in [0.1, 0.15) is 0 Å². The van der Waals surface area contributed by atoms with Crippen molar-refractivity contribution in [2.75, 3.05) is 4.90 Å². The van der Waals surface area contributed by atoms with Crippen LogP contribution < -0.4 is 4.90 Å². The van der Waals surface area contributed by atoms with Crippen molar-refractivity contribution in [2.24, 2.45) is 0 Å². The van der Waals surface area contributed by atoms with Gasteiger partial charge in [-0.25, -0.2) is 4.90 Å². The number of hydrogen-bond donors (Lipinski definition) is 0. The van der Waals surface area contributed by atoms with E-state index in [-0.39, 0.29) is 11.8 Å². The maximum atomic E-state index is 14.4. The molecule has 0 fully saturated rings. The molecule has 0 aliphatic carbocycles. The third-order valence-corrected chi connectivity index (χ3v) is 8.14. The molecule has 0 bridgehead atoms. The van der Waals surface area contributed by atoms with Crippen molar-refractivity contribution in [3.63, 3.8) is 0 Å². The Morgan fingerprint density at radius 1 is 0.405 bits per heavy atom. The van der Waals surface area contributed by atoms with Crippen LogP contribution in [0.3, 0.4) is 0 Å². The Labute approximate surface area is 242 Å². The van der Waals surface area contributed by atoms with Crippen molar-refractivity contribution < 1.29 is 9.59 Å². The van der Waals surface area contributed by atoms with Crippen LogP contribution in [-0.2, 0) is 0 Å². The Morgan fingerprint density at radius 2 is 0.952 bits per heavy atom. The molecule has 198 valence electrons. The predicted molar refractivity (Wildman–Crippen MR) is 169 cm³/mol. The summed E-state index contributed by atoms with van der Waals surface area (Å²) in [6.07, 6.45) is 0. The minimum atomic E-state index is -0.322. The number of nitrogens with zero attached hydrogens (tertiary/aromatic N) is 2. The molecular weight excluding hydrogens is 516 g/mol. The SMILES string of the molecule is O=C1c2cccc(-n3c4ccccc4c4cccc(-c5ccccc5)c43)c2C(=O)N1c1ccccc1-c1ccccc1. The number of hydrogen-bond acceptors (Lipinski definition) is 2. The summed E-state index contributed by atoms with van der Waals surface area (Å²) in [5.74, 6) is -0.638.